The van der Waals surface area contributed by atoms with E-state index in [4.69, 9.17) is 4.98 Å². The number of rotatable bonds is 2. The van der Waals surface area contributed by atoms with Gasteiger partial charge in [0.15, 0.2) is 0 Å². The van der Waals surface area contributed by atoms with Crippen LogP contribution in [-0.4, -0.2) is 11.0 Å². The van der Waals surface area contributed by atoms with Gasteiger partial charge in [-0.3, -0.25) is 0 Å². The van der Waals surface area contributed by atoms with E-state index < -0.39 is 0 Å². The number of nitrogens with zero attached hydrogens (tertiary/aromatic N) is 2. The molecule has 3 heteroatoms. The van der Waals surface area contributed by atoms with Gasteiger partial charge in [-0.2, -0.15) is 5.26 Å². The van der Waals surface area contributed by atoms with Gasteiger partial charge in [0.25, 0.3) is 0 Å². The van der Waals surface area contributed by atoms with Crippen molar-refractivity contribution in [1.29, 1.82) is 5.26 Å². The first kappa shape index (κ1) is 13.4. The smallest absolute Gasteiger partial charge is 0.144 e. The van der Waals surface area contributed by atoms with Crippen LogP contribution in [0.3, 0.4) is 0 Å². The summed E-state index contributed by atoms with van der Waals surface area (Å²) in [6.07, 6.45) is 7.05. The van der Waals surface area contributed by atoms with E-state index in [9.17, 15) is 5.26 Å². The van der Waals surface area contributed by atoms with Crippen molar-refractivity contribution in [2.45, 2.75) is 58.4 Å². The Bertz CT molecular complexity index is 544. The Kier molecular flexibility index (Phi) is 3.65. The van der Waals surface area contributed by atoms with Crippen LogP contribution in [0, 0.1) is 23.2 Å². The fourth-order valence-electron chi connectivity index (χ4n) is 3.57. The van der Waals surface area contributed by atoms with Crippen molar-refractivity contribution in [1.82, 2.24) is 4.98 Å². The average Bonchev–Trinajstić information content (AvgIpc) is 2.78. The van der Waals surface area contributed by atoms with Crippen LogP contribution < -0.4 is 5.32 Å². The van der Waals surface area contributed by atoms with Crippen molar-refractivity contribution in [3.63, 3.8) is 0 Å². The Morgan fingerprint density at radius 1 is 1.25 bits per heavy atom. The second-order valence-electron chi connectivity index (χ2n) is 6.47. The summed E-state index contributed by atoms with van der Waals surface area (Å²) in [6.45, 7) is 4.62. The highest BCUT2D eigenvalue weighted by Crippen LogP contribution is 2.34. The van der Waals surface area contributed by atoms with Crippen molar-refractivity contribution >= 4 is 5.82 Å². The Hall–Kier alpha value is -1.56. The molecule has 1 saturated carbocycles. The van der Waals surface area contributed by atoms with Gasteiger partial charge in [0, 0.05) is 11.7 Å². The van der Waals surface area contributed by atoms with E-state index >= 15 is 0 Å². The maximum Gasteiger partial charge on any atom is 0.144 e. The molecule has 0 amide bonds. The molecule has 1 aromatic heterocycles. The number of pyridine rings is 1. The number of fused-ring (bicyclic) bond motifs is 1. The van der Waals surface area contributed by atoms with Crippen molar-refractivity contribution in [3.8, 4) is 6.07 Å². The van der Waals surface area contributed by atoms with Crippen LogP contribution in [0.4, 0.5) is 5.82 Å². The number of nitrogens with one attached hydrogen (secondary N) is 1. The maximum absolute atomic E-state index is 9.38. The topological polar surface area (TPSA) is 48.7 Å². The van der Waals surface area contributed by atoms with Crippen molar-refractivity contribution in [2.24, 2.45) is 11.8 Å². The molecule has 0 aromatic carbocycles. The quantitative estimate of drug-likeness (QED) is 0.891. The molecule has 1 N–H and O–H groups in total. The third-order valence-electron chi connectivity index (χ3n) is 5.21. The summed E-state index contributed by atoms with van der Waals surface area (Å²) < 4.78 is 0. The molecule has 0 spiro atoms. The molecule has 3 rings (SSSR count). The summed E-state index contributed by atoms with van der Waals surface area (Å²) in [5.74, 6) is 2.23. The van der Waals surface area contributed by atoms with Crippen LogP contribution >= 0.6 is 0 Å². The largest absolute Gasteiger partial charge is 0.366 e. The van der Waals surface area contributed by atoms with Gasteiger partial charge in [-0.25, -0.2) is 4.98 Å². The van der Waals surface area contributed by atoms with E-state index in [1.807, 2.05) is 0 Å². The van der Waals surface area contributed by atoms with Crippen LogP contribution in [0.2, 0.25) is 0 Å². The Morgan fingerprint density at radius 3 is 2.75 bits per heavy atom. The molecule has 1 fully saturated rings. The van der Waals surface area contributed by atoms with Crippen molar-refractivity contribution in [2.75, 3.05) is 5.32 Å². The zero-order valence-electron chi connectivity index (χ0n) is 12.4. The lowest BCUT2D eigenvalue weighted by Crippen LogP contribution is -2.25. The molecule has 0 bridgehead atoms. The minimum Gasteiger partial charge on any atom is -0.366 e. The standard InChI is InChI=1S/C17H23N3/c1-11-7-8-15(12(11)2)19-17-14(10-18)9-13-5-3-4-6-16(13)20-17/h9,11-12,15H,3-8H2,1-2H3,(H,19,20). The third-order valence-corrected chi connectivity index (χ3v) is 5.21. The summed E-state index contributed by atoms with van der Waals surface area (Å²) in [7, 11) is 0. The monoisotopic (exact) mass is 269 g/mol. The van der Waals surface area contributed by atoms with Gasteiger partial charge in [0.1, 0.15) is 11.9 Å². The zero-order chi connectivity index (χ0) is 14.1. The van der Waals surface area contributed by atoms with E-state index in [1.165, 1.54) is 36.9 Å². The minimum absolute atomic E-state index is 0.464. The van der Waals surface area contributed by atoms with Crippen LogP contribution in [0.1, 0.15) is 56.4 Å². The van der Waals surface area contributed by atoms with Crippen molar-refractivity contribution < 1.29 is 0 Å². The molecule has 106 valence electrons. The van der Waals surface area contributed by atoms with Gasteiger partial charge in [-0.1, -0.05) is 13.8 Å². The summed E-state index contributed by atoms with van der Waals surface area (Å²) in [4.78, 5) is 4.77. The molecule has 3 unspecified atom stereocenters. The second-order valence-corrected chi connectivity index (χ2v) is 6.47. The molecule has 1 heterocycles. The van der Waals surface area contributed by atoms with E-state index in [1.54, 1.807) is 0 Å². The van der Waals surface area contributed by atoms with E-state index in [-0.39, 0.29) is 0 Å². The molecule has 20 heavy (non-hydrogen) atoms. The number of anilines is 1. The summed E-state index contributed by atoms with van der Waals surface area (Å²) in [5, 5.41) is 12.9. The fraction of sp³-hybridized carbons (Fsp3) is 0.647. The van der Waals surface area contributed by atoms with Gasteiger partial charge in [-0.15, -0.1) is 0 Å². The molecule has 0 radical (unpaired) electrons. The summed E-state index contributed by atoms with van der Waals surface area (Å²) >= 11 is 0. The van der Waals surface area contributed by atoms with Gasteiger partial charge in [0.05, 0.1) is 5.56 Å². The molecular formula is C17H23N3. The lowest BCUT2D eigenvalue weighted by atomic mass is 9.94. The molecule has 3 nitrogen and oxygen atoms in total. The van der Waals surface area contributed by atoms with Gasteiger partial charge in [-0.05, 0) is 62.0 Å². The number of aromatic nitrogens is 1. The highest BCUT2D eigenvalue weighted by Gasteiger charge is 2.30. The van der Waals surface area contributed by atoms with Gasteiger partial charge < -0.3 is 5.32 Å². The Balaban J connectivity index is 1.87. The number of aryl methyl sites for hydroxylation is 2. The summed E-state index contributed by atoms with van der Waals surface area (Å²) in [6, 6.07) is 4.85. The zero-order valence-corrected chi connectivity index (χ0v) is 12.4. The van der Waals surface area contributed by atoms with Crippen LogP contribution in [0.5, 0.6) is 0 Å². The molecule has 3 atom stereocenters. The molecular weight excluding hydrogens is 246 g/mol. The SMILES string of the molecule is CC1CCC(Nc2nc3c(cc2C#N)CCCC3)C1C. The highest BCUT2D eigenvalue weighted by atomic mass is 15.0. The molecule has 0 aliphatic heterocycles. The van der Waals surface area contributed by atoms with Crippen LogP contribution in [0.15, 0.2) is 6.07 Å². The van der Waals surface area contributed by atoms with Crippen LogP contribution in [-0.2, 0) is 12.8 Å². The van der Waals surface area contributed by atoms with E-state index in [0.29, 0.717) is 12.0 Å². The first-order valence-electron chi connectivity index (χ1n) is 7.88. The number of hydrogen-bond donors (Lipinski definition) is 1. The third kappa shape index (κ3) is 2.40. The first-order valence-corrected chi connectivity index (χ1v) is 7.88. The normalized spacial score (nSPS) is 28.8. The fourth-order valence-corrected chi connectivity index (χ4v) is 3.57. The van der Waals surface area contributed by atoms with E-state index in [2.05, 4.69) is 31.3 Å². The molecule has 1 aromatic rings. The molecule has 2 aliphatic rings. The highest BCUT2D eigenvalue weighted by molar-refractivity contribution is 5.55. The first-order chi connectivity index (χ1) is 9.69. The number of nitriles is 1. The average molecular weight is 269 g/mol. The summed E-state index contributed by atoms with van der Waals surface area (Å²) in [5.41, 5.74) is 3.21. The van der Waals surface area contributed by atoms with Crippen LogP contribution in [0.25, 0.3) is 0 Å². The molecule has 2 aliphatic carbocycles. The lowest BCUT2D eigenvalue weighted by Gasteiger charge is -2.23. The second kappa shape index (κ2) is 5.44. The lowest BCUT2D eigenvalue weighted by molar-refractivity contribution is 0.435. The molecule has 0 saturated heterocycles. The Morgan fingerprint density at radius 2 is 2.05 bits per heavy atom. The van der Waals surface area contributed by atoms with Gasteiger partial charge >= 0.3 is 0 Å². The maximum atomic E-state index is 9.38. The van der Waals surface area contributed by atoms with Crippen molar-refractivity contribution in [3.05, 3.63) is 22.9 Å². The van der Waals surface area contributed by atoms with Gasteiger partial charge in [0.2, 0.25) is 0 Å². The predicted octanol–water partition coefficient (Wildman–Crippen LogP) is 3.68. The number of hydrogen-bond acceptors (Lipinski definition) is 3. The minimum atomic E-state index is 0.464. The van der Waals surface area contributed by atoms with E-state index in [0.717, 1.165) is 30.1 Å². The predicted molar refractivity (Wildman–Crippen MR) is 80.6 cm³/mol. The Labute approximate surface area is 121 Å².